The summed E-state index contributed by atoms with van der Waals surface area (Å²) < 4.78 is 0. The average Bonchev–Trinajstić information content (AvgIpc) is 2.83. The van der Waals surface area contributed by atoms with Crippen LogP contribution in [0.2, 0.25) is 0 Å². The average molecular weight is 278 g/mol. The summed E-state index contributed by atoms with van der Waals surface area (Å²) in [5.74, 6) is 0.828. The van der Waals surface area contributed by atoms with Gasteiger partial charge < -0.3 is 15.3 Å². The maximum absolute atomic E-state index is 8.88. The Labute approximate surface area is 116 Å². The van der Waals surface area contributed by atoms with E-state index in [1.54, 1.807) is 17.5 Å². The number of hydrogen-bond donors (Lipinski definition) is 2. The Morgan fingerprint density at radius 2 is 2.26 bits per heavy atom. The zero-order valence-electron chi connectivity index (χ0n) is 11.1. The van der Waals surface area contributed by atoms with Gasteiger partial charge in [-0.3, -0.25) is 0 Å². The molecular weight excluding hydrogens is 260 g/mol. The first-order valence-electron chi connectivity index (χ1n) is 6.12. The number of rotatable bonds is 6. The summed E-state index contributed by atoms with van der Waals surface area (Å²) in [4.78, 5) is 10.7. The largest absolute Gasteiger partial charge is 0.395 e. The number of aliphatic hydroxyl groups excluding tert-OH is 1. The van der Waals surface area contributed by atoms with E-state index < -0.39 is 0 Å². The molecule has 0 saturated heterocycles. The first-order chi connectivity index (χ1) is 9.19. The molecule has 0 radical (unpaired) electrons. The van der Waals surface area contributed by atoms with Crippen LogP contribution in [0.5, 0.6) is 0 Å². The van der Waals surface area contributed by atoms with E-state index in [1.165, 1.54) is 0 Å². The van der Waals surface area contributed by atoms with E-state index in [-0.39, 0.29) is 6.61 Å². The summed E-state index contributed by atoms with van der Waals surface area (Å²) in [7, 11) is 1.93. The summed E-state index contributed by atoms with van der Waals surface area (Å²) in [6.45, 7) is 3.42. The maximum Gasteiger partial charge on any atom is 0.126 e. The molecule has 5 nitrogen and oxygen atoms in total. The fourth-order valence-electron chi connectivity index (χ4n) is 1.65. The second-order valence-corrected chi connectivity index (χ2v) is 5.23. The molecule has 0 atom stereocenters. The van der Waals surface area contributed by atoms with E-state index >= 15 is 0 Å². The highest BCUT2D eigenvalue weighted by molar-refractivity contribution is 7.09. The molecule has 2 N–H and O–H groups in total. The number of anilines is 2. The van der Waals surface area contributed by atoms with Gasteiger partial charge in [-0.05, 0) is 19.1 Å². The molecule has 2 aromatic heterocycles. The summed E-state index contributed by atoms with van der Waals surface area (Å²) in [6.07, 6.45) is 1.80. The second kappa shape index (κ2) is 6.49. The molecule has 2 aromatic rings. The summed E-state index contributed by atoms with van der Waals surface area (Å²) in [5, 5.41) is 15.2. The van der Waals surface area contributed by atoms with Crippen LogP contribution in [0.25, 0.3) is 0 Å². The van der Waals surface area contributed by atoms with Crippen molar-refractivity contribution in [1.29, 1.82) is 0 Å². The third-order valence-electron chi connectivity index (χ3n) is 2.71. The van der Waals surface area contributed by atoms with Crippen LogP contribution in [0.1, 0.15) is 10.7 Å². The highest BCUT2D eigenvalue weighted by Crippen LogP contribution is 2.15. The molecular formula is C13H18N4OS. The minimum absolute atomic E-state index is 0.139. The van der Waals surface area contributed by atoms with Crippen molar-refractivity contribution in [2.75, 3.05) is 30.4 Å². The number of aliphatic hydroxyl groups is 1. The Balaban J connectivity index is 1.91. The van der Waals surface area contributed by atoms with E-state index in [0.29, 0.717) is 13.1 Å². The van der Waals surface area contributed by atoms with Crippen molar-refractivity contribution in [1.82, 2.24) is 9.97 Å². The number of thiazole rings is 1. The summed E-state index contributed by atoms with van der Waals surface area (Å²) >= 11 is 1.65. The fourth-order valence-corrected chi connectivity index (χ4v) is 2.36. The first-order valence-corrected chi connectivity index (χ1v) is 7.00. The Morgan fingerprint density at radius 3 is 2.84 bits per heavy atom. The van der Waals surface area contributed by atoms with Crippen molar-refractivity contribution in [3.05, 3.63) is 34.4 Å². The number of likely N-dealkylation sites (N-methyl/N-ethyl adjacent to an activating group) is 1. The SMILES string of the molecule is Cc1csc(CNc2ccc(N(C)CCO)cn2)n1. The van der Waals surface area contributed by atoms with E-state index in [0.717, 1.165) is 22.2 Å². The smallest absolute Gasteiger partial charge is 0.126 e. The van der Waals surface area contributed by atoms with Gasteiger partial charge in [0.15, 0.2) is 0 Å². The van der Waals surface area contributed by atoms with Crippen LogP contribution >= 0.6 is 11.3 Å². The molecule has 0 unspecified atom stereocenters. The van der Waals surface area contributed by atoms with Crippen molar-refractivity contribution < 1.29 is 5.11 Å². The molecule has 19 heavy (non-hydrogen) atoms. The van der Waals surface area contributed by atoms with E-state index in [1.807, 2.05) is 36.4 Å². The monoisotopic (exact) mass is 278 g/mol. The molecule has 0 aliphatic carbocycles. The molecule has 0 aromatic carbocycles. The van der Waals surface area contributed by atoms with Crippen LogP contribution in [-0.4, -0.2) is 35.3 Å². The van der Waals surface area contributed by atoms with Crippen molar-refractivity contribution >= 4 is 22.8 Å². The van der Waals surface area contributed by atoms with E-state index in [4.69, 9.17) is 5.11 Å². The van der Waals surface area contributed by atoms with Crippen LogP contribution in [0.3, 0.4) is 0 Å². The van der Waals surface area contributed by atoms with Crippen LogP contribution < -0.4 is 10.2 Å². The van der Waals surface area contributed by atoms with Crippen LogP contribution in [0, 0.1) is 6.92 Å². The normalized spacial score (nSPS) is 10.5. The molecule has 0 aliphatic rings. The highest BCUT2D eigenvalue weighted by atomic mass is 32.1. The van der Waals surface area contributed by atoms with Gasteiger partial charge in [0.05, 0.1) is 25.0 Å². The minimum Gasteiger partial charge on any atom is -0.395 e. The summed E-state index contributed by atoms with van der Waals surface area (Å²) in [5.41, 5.74) is 2.04. The Morgan fingerprint density at radius 1 is 1.42 bits per heavy atom. The number of aromatic nitrogens is 2. The van der Waals surface area contributed by atoms with Crippen LogP contribution in [0.4, 0.5) is 11.5 Å². The Hall–Kier alpha value is -1.66. The zero-order valence-corrected chi connectivity index (χ0v) is 11.9. The van der Waals surface area contributed by atoms with Crippen molar-refractivity contribution in [3.63, 3.8) is 0 Å². The Bertz CT molecular complexity index is 512. The predicted octanol–water partition coefficient (Wildman–Crippen LogP) is 1.89. The van der Waals surface area contributed by atoms with E-state index in [9.17, 15) is 0 Å². The Kier molecular flexibility index (Phi) is 4.70. The van der Waals surface area contributed by atoms with Crippen LogP contribution in [-0.2, 0) is 6.54 Å². The fraction of sp³-hybridized carbons (Fsp3) is 0.385. The summed E-state index contributed by atoms with van der Waals surface area (Å²) in [6, 6.07) is 3.92. The number of pyridine rings is 1. The minimum atomic E-state index is 0.139. The van der Waals surface area contributed by atoms with Gasteiger partial charge >= 0.3 is 0 Å². The standard InChI is InChI=1S/C13H18N4OS/c1-10-9-19-13(16-10)8-15-12-4-3-11(7-14-12)17(2)5-6-18/h3-4,7,9,18H,5-6,8H2,1-2H3,(H,14,15). The molecule has 0 saturated carbocycles. The molecule has 0 spiro atoms. The number of aryl methyl sites for hydroxylation is 1. The maximum atomic E-state index is 8.88. The van der Waals surface area contributed by atoms with Gasteiger partial charge in [-0.15, -0.1) is 11.3 Å². The molecule has 0 fully saturated rings. The molecule has 2 heterocycles. The van der Waals surface area contributed by atoms with Gasteiger partial charge in [0, 0.05) is 24.7 Å². The lowest BCUT2D eigenvalue weighted by molar-refractivity contribution is 0.304. The van der Waals surface area contributed by atoms with E-state index in [2.05, 4.69) is 15.3 Å². The van der Waals surface area contributed by atoms with Crippen molar-refractivity contribution in [2.45, 2.75) is 13.5 Å². The second-order valence-electron chi connectivity index (χ2n) is 4.28. The lowest BCUT2D eigenvalue weighted by Gasteiger charge is -2.17. The number of nitrogens with one attached hydrogen (secondary N) is 1. The van der Waals surface area contributed by atoms with Gasteiger partial charge in [-0.2, -0.15) is 0 Å². The molecule has 6 heteroatoms. The topological polar surface area (TPSA) is 61.3 Å². The van der Waals surface area contributed by atoms with Gasteiger partial charge in [-0.1, -0.05) is 0 Å². The molecule has 2 rings (SSSR count). The van der Waals surface area contributed by atoms with Crippen molar-refractivity contribution in [3.8, 4) is 0 Å². The van der Waals surface area contributed by atoms with Crippen molar-refractivity contribution in [2.24, 2.45) is 0 Å². The highest BCUT2D eigenvalue weighted by Gasteiger charge is 2.02. The number of nitrogens with zero attached hydrogens (tertiary/aromatic N) is 3. The van der Waals surface area contributed by atoms with Crippen LogP contribution in [0.15, 0.2) is 23.7 Å². The molecule has 0 aliphatic heterocycles. The van der Waals surface area contributed by atoms with Gasteiger partial charge in [0.25, 0.3) is 0 Å². The third kappa shape index (κ3) is 3.90. The van der Waals surface area contributed by atoms with Gasteiger partial charge in [-0.25, -0.2) is 9.97 Å². The third-order valence-corrected chi connectivity index (χ3v) is 3.68. The predicted molar refractivity (Wildman–Crippen MR) is 78.8 cm³/mol. The van der Waals surface area contributed by atoms with Gasteiger partial charge in [0.2, 0.25) is 0 Å². The first kappa shape index (κ1) is 13.8. The van der Waals surface area contributed by atoms with Gasteiger partial charge in [0.1, 0.15) is 10.8 Å². The zero-order chi connectivity index (χ0) is 13.7. The molecule has 102 valence electrons. The molecule has 0 bridgehead atoms. The lowest BCUT2D eigenvalue weighted by atomic mass is 10.3. The lowest BCUT2D eigenvalue weighted by Crippen LogP contribution is -2.21. The molecule has 0 amide bonds. The quantitative estimate of drug-likeness (QED) is 0.845. The number of hydrogen-bond acceptors (Lipinski definition) is 6.